The number of piperazine rings is 1. The van der Waals surface area contributed by atoms with E-state index < -0.39 is 0 Å². The Balaban J connectivity index is 2.03. The van der Waals surface area contributed by atoms with Crippen molar-refractivity contribution in [2.75, 3.05) is 44.7 Å². The van der Waals surface area contributed by atoms with Gasteiger partial charge in [0.05, 0.1) is 11.9 Å². The van der Waals surface area contributed by atoms with Gasteiger partial charge in [0.25, 0.3) is 5.56 Å². The molecule has 1 aromatic heterocycles. The molecule has 2 heterocycles. The van der Waals surface area contributed by atoms with Crippen LogP contribution in [0.2, 0.25) is 0 Å². The molecule has 0 atom stereocenters. The highest BCUT2D eigenvalue weighted by molar-refractivity contribution is 5.76. The van der Waals surface area contributed by atoms with Crippen molar-refractivity contribution in [3.05, 3.63) is 22.6 Å². The average molecular weight is 293 g/mol. The molecular formula is C14H23N5O2. The summed E-state index contributed by atoms with van der Waals surface area (Å²) in [6.45, 7) is 5.93. The molecule has 0 bridgehead atoms. The largest absolute Gasteiger partial charge is 0.373 e. The first-order valence-corrected chi connectivity index (χ1v) is 7.38. The fraction of sp³-hybridized carbons (Fsp3) is 0.643. The van der Waals surface area contributed by atoms with Gasteiger partial charge >= 0.3 is 0 Å². The van der Waals surface area contributed by atoms with Gasteiger partial charge in [0, 0.05) is 45.8 Å². The van der Waals surface area contributed by atoms with E-state index in [0.29, 0.717) is 13.1 Å². The minimum absolute atomic E-state index is 0.0105. The Morgan fingerprint density at radius 2 is 2.14 bits per heavy atom. The number of hydrogen-bond donors (Lipinski definition) is 1. The van der Waals surface area contributed by atoms with Crippen molar-refractivity contribution in [3.63, 3.8) is 0 Å². The number of carbonyl (C=O) groups is 1. The summed E-state index contributed by atoms with van der Waals surface area (Å²) in [5, 5.41) is 7.31. The molecule has 1 aromatic rings. The van der Waals surface area contributed by atoms with Crippen molar-refractivity contribution in [3.8, 4) is 0 Å². The molecule has 1 saturated heterocycles. The predicted molar refractivity (Wildman–Crippen MR) is 81.5 cm³/mol. The SMILES string of the molecule is CCCN(C)c1cnn(CC(=O)N2CCNCC2)c(=O)c1. The van der Waals surface area contributed by atoms with E-state index in [0.717, 1.165) is 31.7 Å². The molecule has 7 nitrogen and oxygen atoms in total. The second-order valence-corrected chi connectivity index (χ2v) is 5.26. The first-order chi connectivity index (χ1) is 10.1. The van der Waals surface area contributed by atoms with E-state index >= 15 is 0 Å². The Morgan fingerprint density at radius 1 is 1.43 bits per heavy atom. The maximum absolute atomic E-state index is 12.1. The zero-order valence-corrected chi connectivity index (χ0v) is 12.7. The van der Waals surface area contributed by atoms with Gasteiger partial charge in [0.1, 0.15) is 6.54 Å². The lowest BCUT2D eigenvalue weighted by Gasteiger charge is -2.27. The summed E-state index contributed by atoms with van der Waals surface area (Å²) >= 11 is 0. The molecule has 7 heteroatoms. The zero-order chi connectivity index (χ0) is 15.2. The monoisotopic (exact) mass is 293 g/mol. The van der Waals surface area contributed by atoms with Crippen LogP contribution in [-0.4, -0.2) is 60.4 Å². The Morgan fingerprint density at radius 3 is 2.76 bits per heavy atom. The van der Waals surface area contributed by atoms with E-state index in [2.05, 4.69) is 17.3 Å². The van der Waals surface area contributed by atoms with Gasteiger partial charge in [-0.2, -0.15) is 5.10 Å². The summed E-state index contributed by atoms with van der Waals surface area (Å²) in [6.07, 6.45) is 2.64. The van der Waals surface area contributed by atoms with Gasteiger partial charge in [-0.05, 0) is 6.42 Å². The molecule has 0 aliphatic carbocycles. The van der Waals surface area contributed by atoms with Crippen molar-refractivity contribution in [2.24, 2.45) is 0 Å². The fourth-order valence-corrected chi connectivity index (χ4v) is 2.36. The third-order valence-electron chi connectivity index (χ3n) is 3.61. The zero-order valence-electron chi connectivity index (χ0n) is 12.7. The lowest BCUT2D eigenvalue weighted by atomic mass is 10.3. The third kappa shape index (κ3) is 4.04. The molecule has 1 aliphatic rings. The van der Waals surface area contributed by atoms with Gasteiger partial charge in [-0.25, -0.2) is 4.68 Å². The van der Waals surface area contributed by atoms with Crippen LogP contribution in [0, 0.1) is 0 Å². The van der Waals surface area contributed by atoms with Crippen LogP contribution < -0.4 is 15.8 Å². The van der Waals surface area contributed by atoms with Crippen LogP contribution in [0.15, 0.2) is 17.1 Å². The molecule has 2 rings (SSSR count). The lowest BCUT2D eigenvalue weighted by Crippen LogP contribution is -2.48. The Hall–Kier alpha value is -1.89. The molecule has 1 fully saturated rings. The minimum Gasteiger partial charge on any atom is -0.373 e. The first kappa shape index (κ1) is 15.5. The summed E-state index contributed by atoms with van der Waals surface area (Å²) in [4.78, 5) is 27.9. The van der Waals surface area contributed by atoms with Crippen molar-refractivity contribution in [2.45, 2.75) is 19.9 Å². The van der Waals surface area contributed by atoms with E-state index in [1.165, 1.54) is 10.7 Å². The fourth-order valence-electron chi connectivity index (χ4n) is 2.36. The second kappa shape index (κ2) is 7.21. The van der Waals surface area contributed by atoms with Gasteiger partial charge in [0.2, 0.25) is 5.91 Å². The van der Waals surface area contributed by atoms with Crippen LogP contribution >= 0.6 is 0 Å². The van der Waals surface area contributed by atoms with E-state index in [1.807, 2.05) is 11.9 Å². The summed E-state index contributed by atoms with van der Waals surface area (Å²) in [5.41, 5.74) is 0.548. The summed E-state index contributed by atoms with van der Waals surface area (Å²) in [7, 11) is 1.93. The predicted octanol–water partition coefficient (Wildman–Crippen LogP) is -0.479. The number of carbonyl (C=O) groups excluding carboxylic acids is 1. The Kier molecular flexibility index (Phi) is 5.32. The summed E-state index contributed by atoms with van der Waals surface area (Å²) < 4.78 is 1.23. The van der Waals surface area contributed by atoms with Crippen LogP contribution in [0.25, 0.3) is 0 Å². The molecule has 116 valence electrons. The maximum Gasteiger partial charge on any atom is 0.269 e. The molecule has 21 heavy (non-hydrogen) atoms. The standard InChI is InChI=1S/C14H23N5O2/c1-3-6-17(2)12-9-13(20)19(16-10-12)11-14(21)18-7-4-15-5-8-18/h9-10,15H,3-8,11H2,1-2H3. The molecule has 0 unspecified atom stereocenters. The minimum atomic E-state index is -0.237. The quantitative estimate of drug-likeness (QED) is 0.794. The van der Waals surface area contributed by atoms with Gasteiger partial charge < -0.3 is 15.1 Å². The molecule has 0 spiro atoms. The van der Waals surface area contributed by atoms with Gasteiger partial charge in [0.15, 0.2) is 0 Å². The van der Waals surface area contributed by atoms with E-state index in [9.17, 15) is 9.59 Å². The van der Waals surface area contributed by atoms with Crippen LogP contribution in [0.1, 0.15) is 13.3 Å². The van der Waals surface area contributed by atoms with E-state index in [4.69, 9.17) is 0 Å². The lowest BCUT2D eigenvalue weighted by molar-refractivity contribution is -0.132. The molecule has 1 amide bonds. The van der Waals surface area contributed by atoms with Crippen molar-refractivity contribution < 1.29 is 4.79 Å². The Labute approximate surface area is 124 Å². The number of amides is 1. The molecule has 0 saturated carbocycles. The van der Waals surface area contributed by atoms with Crippen molar-refractivity contribution in [1.82, 2.24) is 20.0 Å². The molecule has 0 radical (unpaired) electrons. The maximum atomic E-state index is 12.1. The molecule has 1 N–H and O–H groups in total. The number of aromatic nitrogens is 2. The first-order valence-electron chi connectivity index (χ1n) is 7.38. The number of nitrogens with zero attached hydrogens (tertiary/aromatic N) is 4. The highest BCUT2D eigenvalue weighted by atomic mass is 16.2. The van der Waals surface area contributed by atoms with Crippen LogP contribution in [-0.2, 0) is 11.3 Å². The van der Waals surface area contributed by atoms with Crippen LogP contribution in [0.4, 0.5) is 5.69 Å². The number of nitrogens with one attached hydrogen (secondary N) is 1. The van der Waals surface area contributed by atoms with Gasteiger partial charge in [-0.3, -0.25) is 9.59 Å². The molecular weight excluding hydrogens is 270 g/mol. The third-order valence-corrected chi connectivity index (χ3v) is 3.61. The Bertz CT molecular complexity index is 536. The van der Waals surface area contributed by atoms with E-state index in [-0.39, 0.29) is 18.0 Å². The van der Waals surface area contributed by atoms with E-state index in [1.54, 1.807) is 11.1 Å². The van der Waals surface area contributed by atoms with Gasteiger partial charge in [-0.15, -0.1) is 0 Å². The highest BCUT2D eigenvalue weighted by Gasteiger charge is 2.17. The topological polar surface area (TPSA) is 70.5 Å². The van der Waals surface area contributed by atoms with Crippen molar-refractivity contribution in [1.29, 1.82) is 0 Å². The molecule has 0 aromatic carbocycles. The number of anilines is 1. The highest BCUT2D eigenvalue weighted by Crippen LogP contribution is 2.07. The second-order valence-electron chi connectivity index (χ2n) is 5.26. The summed E-state index contributed by atoms with van der Waals surface area (Å²) in [5.74, 6) is -0.0548. The normalized spacial score (nSPS) is 15.0. The summed E-state index contributed by atoms with van der Waals surface area (Å²) in [6, 6.07) is 1.54. The van der Waals surface area contributed by atoms with Gasteiger partial charge in [-0.1, -0.05) is 6.92 Å². The van der Waals surface area contributed by atoms with Crippen LogP contribution in [0.5, 0.6) is 0 Å². The van der Waals surface area contributed by atoms with Crippen LogP contribution in [0.3, 0.4) is 0 Å². The smallest absolute Gasteiger partial charge is 0.269 e. The van der Waals surface area contributed by atoms with Crippen molar-refractivity contribution >= 4 is 11.6 Å². The molecule has 1 aliphatic heterocycles. The number of hydrogen-bond acceptors (Lipinski definition) is 5. The number of rotatable bonds is 5. The average Bonchev–Trinajstić information content (AvgIpc) is 2.50.